The molecule has 1 aliphatic rings. The van der Waals surface area contributed by atoms with E-state index in [0.29, 0.717) is 13.1 Å². The van der Waals surface area contributed by atoms with Gasteiger partial charge >= 0.3 is 0 Å². The number of fused-ring (bicyclic) bond motifs is 1. The Kier molecular flexibility index (Phi) is 4.74. The van der Waals surface area contributed by atoms with Crippen molar-refractivity contribution in [2.45, 2.75) is 19.9 Å². The van der Waals surface area contributed by atoms with Crippen molar-refractivity contribution in [1.29, 1.82) is 0 Å². The SMILES string of the molecule is CCN(CCO)CC(=O)N1CCc2sccc2C1. The van der Waals surface area contributed by atoms with E-state index in [4.69, 9.17) is 5.11 Å². The molecule has 0 spiro atoms. The smallest absolute Gasteiger partial charge is 0.237 e. The van der Waals surface area contributed by atoms with Gasteiger partial charge in [-0.3, -0.25) is 9.69 Å². The van der Waals surface area contributed by atoms with Crippen molar-refractivity contribution in [3.63, 3.8) is 0 Å². The topological polar surface area (TPSA) is 43.8 Å². The zero-order chi connectivity index (χ0) is 13.0. The monoisotopic (exact) mass is 268 g/mol. The second kappa shape index (κ2) is 6.31. The average molecular weight is 268 g/mol. The Hall–Kier alpha value is -0.910. The summed E-state index contributed by atoms with van der Waals surface area (Å²) < 4.78 is 0. The van der Waals surface area contributed by atoms with Crippen LogP contribution in [0.4, 0.5) is 0 Å². The Morgan fingerprint density at radius 2 is 2.44 bits per heavy atom. The van der Waals surface area contributed by atoms with Crippen molar-refractivity contribution in [1.82, 2.24) is 9.80 Å². The van der Waals surface area contributed by atoms with E-state index in [0.717, 1.165) is 26.1 Å². The van der Waals surface area contributed by atoms with Crippen molar-refractivity contribution in [2.24, 2.45) is 0 Å². The summed E-state index contributed by atoms with van der Waals surface area (Å²) >= 11 is 1.78. The first kappa shape index (κ1) is 13.5. The zero-order valence-corrected chi connectivity index (χ0v) is 11.6. The van der Waals surface area contributed by atoms with Gasteiger partial charge in [-0.05, 0) is 30.0 Å². The largest absolute Gasteiger partial charge is 0.395 e. The van der Waals surface area contributed by atoms with Crippen LogP contribution in [0.5, 0.6) is 0 Å². The third-order valence-corrected chi connectivity index (χ3v) is 4.41. The van der Waals surface area contributed by atoms with Gasteiger partial charge in [0, 0.05) is 24.5 Å². The number of amides is 1. The maximum absolute atomic E-state index is 12.2. The molecule has 1 aromatic heterocycles. The second-order valence-electron chi connectivity index (χ2n) is 4.53. The number of nitrogens with zero attached hydrogens (tertiary/aromatic N) is 2. The minimum Gasteiger partial charge on any atom is -0.395 e. The van der Waals surface area contributed by atoms with E-state index in [1.807, 2.05) is 16.7 Å². The predicted octanol–water partition coefficient (Wildman–Crippen LogP) is 0.947. The van der Waals surface area contributed by atoms with Crippen molar-refractivity contribution in [2.75, 3.05) is 32.8 Å². The van der Waals surface area contributed by atoms with Crippen LogP contribution in [0, 0.1) is 0 Å². The molecule has 1 aliphatic heterocycles. The third kappa shape index (κ3) is 3.10. The van der Waals surface area contributed by atoms with Crippen LogP contribution < -0.4 is 0 Å². The van der Waals surface area contributed by atoms with E-state index in [-0.39, 0.29) is 12.5 Å². The molecule has 1 amide bonds. The molecule has 2 rings (SSSR count). The number of rotatable bonds is 5. The molecule has 0 atom stereocenters. The second-order valence-corrected chi connectivity index (χ2v) is 5.53. The molecule has 1 N–H and O–H groups in total. The van der Waals surface area contributed by atoms with Gasteiger partial charge in [-0.1, -0.05) is 6.92 Å². The van der Waals surface area contributed by atoms with Crippen molar-refractivity contribution < 1.29 is 9.90 Å². The summed E-state index contributed by atoms with van der Waals surface area (Å²) in [6.45, 7) is 5.46. The number of likely N-dealkylation sites (N-methyl/N-ethyl adjacent to an activating group) is 1. The summed E-state index contributed by atoms with van der Waals surface area (Å²) in [7, 11) is 0. The molecule has 2 heterocycles. The molecular formula is C13H20N2O2S. The molecule has 0 aromatic carbocycles. The number of aliphatic hydroxyl groups is 1. The fourth-order valence-corrected chi connectivity index (χ4v) is 3.13. The minimum absolute atomic E-state index is 0.107. The Labute approximate surface area is 112 Å². The number of carbonyl (C=O) groups is 1. The van der Waals surface area contributed by atoms with E-state index in [2.05, 4.69) is 11.4 Å². The molecule has 100 valence electrons. The molecule has 0 aliphatic carbocycles. The van der Waals surface area contributed by atoms with Gasteiger partial charge in [0.1, 0.15) is 0 Å². The van der Waals surface area contributed by atoms with Gasteiger partial charge in [-0.25, -0.2) is 0 Å². The van der Waals surface area contributed by atoms with Crippen LogP contribution in [0.1, 0.15) is 17.4 Å². The highest BCUT2D eigenvalue weighted by molar-refractivity contribution is 7.10. The highest BCUT2D eigenvalue weighted by Crippen LogP contribution is 2.23. The van der Waals surface area contributed by atoms with Gasteiger partial charge in [0.05, 0.1) is 13.2 Å². The maximum Gasteiger partial charge on any atom is 0.237 e. The maximum atomic E-state index is 12.2. The molecular weight excluding hydrogens is 248 g/mol. The van der Waals surface area contributed by atoms with Crippen LogP contribution >= 0.6 is 11.3 Å². The van der Waals surface area contributed by atoms with Crippen LogP contribution in [0.15, 0.2) is 11.4 Å². The van der Waals surface area contributed by atoms with Crippen molar-refractivity contribution in [3.8, 4) is 0 Å². The minimum atomic E-state index is 0.107. The lowest BCUT2D eigenvalue weighted by molar-refractivity contribution is -0.133. The van der Waals surface area contributed by atoms with Gasteiger partial charge in [-0.15, -0.1) is 11.3 Å². The lowest BCUT2D eigenvalue weighted by Crippen LogP contribution is -2.43. The molecule has 5 heteroatoms. The quantitative estimate of drug-likeness (QED) is 0.864. The first-order valence-corrected chi connectivity index (χ1v) is 7.28. The molecule has 4 nitrogen and oxygen atoms in total. The molecule has 0 saturated heterocycles. The van der Waals surface area contributed by atoms with Gasteiger partial charge < -0.3 is 10.0 Å². The molecule has 1 aromatic rings. The van der Waals surface area contributed by atoms with E-state index in [9.17, 15) is 4.79 Å². The first-order chi connectivity index (χ1) is 8.74. The highest BCUT2D eigenvalue weighted by Gasteiger charge is 2.22. The van der Waals surface area contributed by atoms with Gasteiger partial charge in [0.25, 0.3) is 0 Å². The highest BCUT2D eigenvalue weighted by atomic mass is 32.1. The Morgan fingerprint density at radius 1 is 1.61 bits per heavy atom. The van der Waals surface area contributed by atoms with Crippen molar-refractivity contribution in [3.05, 3.63) is 21.9 Å². The zero-order valence-electron chi connectivity index (χ0n) is 10.8. The normalized spacial score (nSPS) is 14.9. The molecule has 0 radical (unpaired) electrons. The van der Waals surface area contributed by atoms with E-state index < -0.39 is 0 Å². The Bertz CT molecular complexity index is 405. The number of carbonyl (C=O) groups excluding carboxylic acids is 1. The third-order valence-electron chi connectivity index (χ3n) is 3.38. The fraction of sp³-hybridized carbons (Fsp3) is 0.615. The van der Waals surface area contributed by atoms with Crippen molar-refractivity contribution >= 4 is 17.2 Å². The summed E-state index contributed by atoms with van der Waals surface area (Å²) in [5.41, 5.74) is 1.30. The van der Waals surface area contributed by atoms with Gasteiger partial charge in [-0.2, -0.15) is 0 Å². The van der Waals surface area contributed by atoms with Crippen LogP contribution in [0.2, 0.25) is 0 Å². The molecule has 0 unspecified atom stereocenters. The van der Waals surface area contributed by atoms with Gasteiger partial charge in [0.15, 0.2) is 0 Å². The fourth-order valence-electron chi connectivity index (χ4n) is 2.24. The average Bonchev–Trinajstić information content (AvgIpc) is 2.85. The van der Waals surface area contributed by atoms with E-state index in [1.165, 1.54) is 10.4 Å². The first-order valence-electron chi connectivity index (χ1n) is 6.40. The van der Waals surface area contributed by atoms with E-state index in [1.54, 1.807) is 11.3 Å². The summed E-state index contributed by atoms with van der Waals surface area (Å²) in [5, 5.41) is 11.0. The Balaban J connectivity index is 1.91. The van der Waals surface area contributed by atoms with Gasteiger partial charge in [0.2, 0.25) is 5.91 Å². The van der Waals surface area contributed by atoms with Crippen LogP contribution in [0.25, 0.3) is 0 Å². The Morgan fingerprint density at radius 3 is 3.17 bits per heavy atom. The van der Waals surface area contributed by atoms with Crippen LogP contribution in [-0.2, 0) is 17.8 Å². The molecule has 18 heavy (non-hydrogen) atoms. The summed E-state index contributed by atoms with van der Waals surface area (Å²) in [4.78, 5) is 17.5. The lowest BCUT2D eigenvalue weighted by atomic mass is 10.1. The summed E-state index contributed by atoms with van der Waals surface area (Å²) in [6.07, 6.45) is 0.977. The van der Waals surface area contributed by atoms with Crippen LogP contribution in [-0.4, -0.2) is 53.6 Å². The summed E-state index contributed by atoms with van der Waals surface area (Å²) in [5.74, 6) is 0.169. The standard InChI is InChI=1S/C13H20N2O2S/c1-2-14(6-7-16)10-13(17)15-5-3-12-11(9-15)4-8-18-12/h4,8,16H,2-3,5-7,9-10H2,1H3. The molecule has 0 fully saturated rings. The number of aliphatic hydroxyl groups excluding tert-OH is 1. The molecule has 0 bridgehead atoms. The number of hydrogen-bond donors (Lipinski definition) is 1. The lowest BCUT2D eigenvalue weighted by Gasteiger charge is -2.29. The predicted molar refractivity (Wildman–Crippen MR) is 72.6 cm³/mol. The van der Waals surface area contributed by atoms with E-state index >= 15 is 0 Å². The number of thiophene rings is 1. The molecule has 0 saturated carbocycles. The van der Waals surface area contributed by atoms with Crippen LogP contribution in [0.3, 0.4) is 0 Å². The number of hydrogen-bond acceptors (Lipinski definition) is 4. The summed E-state index contributed by atoms with van der Waals surface area (Å²) in [6, 6.07) is 2.12.